The molecule has 1 aromatic carbocycles. The minimum Gasteiger partial charge on any atom is -0.198 e. The summed E-state index contributed by atoms with van der Waals surface area (Å²) in [4.78, 5) is 1.63. The van der Waals surface area contributed by atoms with Gasteiger partial charge in [0.1, 0.15) is 0 Å². The Hall–Kier alpha value is -2.22. The van der Waals surface area contributed by atoms with Crippen molar-refractivity contribution in [2.45, 2.75) is 31.7 Å². The van der Waals surface area contributed by atoms with E-state index in [1.165, 1.54) is 0 Å². The van der Waals surface area contributed by atoms with Crippen molar-refractivity contribution < 1.29 is 0 Å². The fraction of sp³-hybridized carbons (Fsp3) is 0.429. The number of tetrazole rings is 1. The highest BCUT2D eigenvalue weighted by Crippen LogP contribution is 2.32. The second kappa shape index (κ2) is 5.19. The molecule has 0 saturated heterocycles. The average molecular weight is 253 g/mol. The van der Waals surface area contributed by atoms with Crippen LogP contribution in [0.5, 0.6) is 0 Å². The largest absolute Gasteiger partial charge is 0.204 e. The lowest BCUT2D eigenvalue weighted by Crippen LogP contribution is -2.24. The molecule has 96 valence electrons. The maximum Gasteiger partial charge on any atom is 0.204 e. The van der Waals surface area contributed by atoms with Crippen molar-refractivity contribution in [3.63, 3.8) is 0 Å². The first-order chi connectivity index (χ1) is 9.38. The van der Waals surface area contributed by atoms with Gasteiger partial charge in [0.05, 0.1) is 18.0 Å². The zero-order valence-corrected chi connectivity index (χ0v) is 10.6. The second-order valence-electron chi connectivity index (χ2n) is 4.89. The number of hydrogen-bond acceptors (Lipinski definition) is 4. The first kappa shape index (κ1) is 11.8. The highest BCUT2D eigenvalue weighted by Gasteiger charge is 2.28. The molecule has 1 saturated carbocycles. The Morgan fingerprint density at radius 3 is 2.74 bits per heavy atom. The summed E-state index contributed by atoms with van der Waals surface area (Å²) in [6.07, 6.45) is 4.15. The van der Waals surface area contributed by atoms with Crippen LogP contribution >= 0.6 is 0 Å². The van der Waals surface area contributed by atoms with Crippen LogP contribution in [0.4, 0.5) is 0 Å². The number of nitrogens with zero attached hydrogens (tertiary/aromatic N) is 5. The van der Waals surface area contributed by atoms with Crippen molar-refractivity contribution in [1.82, 2.24) is 20.2 Å². The molecule has 0 aliphatic heterocycles. The van der Waals surface area contributed by atoms with E-state index in [0.29, 0.717) is 5.82 Å². The Morgan fingerprint density at radius 1 is 1.16 bits per heavy atom. The SMILES string of the molecule is N#CC1CCCCC1n1nnc(-c2ccccc2)n1. The summed E-state index contributed by atoms with van der Waals surface area (Å²) >= 11 is 0. The Balaban J connectivity index is 1.87. The summed E-state index contributed by atoms with van der Waals surface area (Å²) in [5.74, 6) is 0.634. The third kappa shape index (κ3) is 2.34. The third-order valence-electron chi connectivity index (χ3n) is 3.65. The maximum atomic E-state index is 9.21. The van der Waals surface area contributed by atoms with Crippen LogP contribution in [0.1, 0.15) is 31.7 Å². The lowest BCUT2D eigenvalue weighted by molar-refractivity contribution is 0.244. The Kier molecular flexibility index (Phi) is 3.23. The van der Waals surface area contributed by atoms with Gasteiger partial charge < -0.3 is 0 Å². The molecular weight excluding hydrogens is 238 g/mol. The van der Waals surface area contributed by atoms with Gasteiger partial charge in [-0.2, -0.15) is 10.1 Å². The van der Waals surface area contributed by atoms with Gasteiger partial charge in [0.2, 0.25) is 5.82 Å². The van der Waals surface area contributed by atoms with Crippen LogP contribution in [0.15, 0.2) is 30.3 Å². The third-order valence-corrected chi connectivity index (χ3v) is 3.65. The maximum absolute atomic E-state index is 9.21. The van der Waals surface area contributed by atoms with Gasteiger partial charge in [0.15, 0.2) is 0 Å². The van der Waals surface area contributed by atoms with Gasteiger partial charge >= 0.3 is 0 Å². The van der Waals surface area contributed by atoms with E-state index in [0.717, 1.165) is 31.2 Å². The molecule has 1 aliphatic rings. The fourth-order valence-corrected chi connectivity index (χ4v) is 2.61. The van der Waals surface area contributed by atoms with E-state index in [1.807, 2.05) is 30.3 Å². The topological polar surface area (TPSA) is 67.4 Å². The molecule has 1 heterocycles. The van der Waals surface area contributed by atoms with E-state index in [-0.39, 0.29) is 12.0 Å². The van der Waals surface area contributed by atoms with E-state index in [9.17, 15) is 5.26 Å². The molecule has 2 unspecified atom stereocenters. The van der Waals surface area contributed by atoms with Crippen molar-refractivity contribution in [3.05, 3.63) is 30.3 Å². The molecule has 0 bridgehead atoms. The van der Waals surface area contributed by atoms with Crippen molar-refractivity contribution >= 4 is 0 Å². The Labute approximate surface area is 111 Å². The van der Waals surface area contributed by atoms with E-state index >= 15 is 0 Å². The van der Waals surface area contributed by atoms with Gasteiger partial charge in [-0.3, -0.25) is 0 Å². The number of hydrogen-bond donors (Lipinski definition) is 0. The molecule has 0 N–H and O–H groups in total. The molecule has 0 spiro atoms. The number of aromatic nitrogens is 4. The summed E-state index contributed by atoms with van der Waals surface area (Å²) < 4.78 is 0. The van der Waals surface area contributed by atoms with Gasteiger partial charge in [-0.05, 0) is 18.1 Å². The van der Waals surface area contributed by atoms with E-state index in [1.54, 1.807) is 4.80 Å². The van der Waals surface area contributed by atoms with Gasteiger partial charge in [-0.1, -0.05) is 43.2 Å². The molecule has 2 aromatic rings. The lowest BCUT2D eigenvalue weighted by Gasteiger charge is -2.24. The molecule has 5 nitrogen and oxygen atoms in total. The summed E-state index contributed by atoms with van der Waals surface area (Å²) in [7, 11) is 0. The van der Waals surface area contributed by atoms with E-state index in [2.05, 4.69) is 21.5 Å². The van der Waals surface area contributed by atoms with Crippen LogP contribution < -0.4 is 0 Å². The van der Waals surface area contributed by atoms with Crippen molar-refractivity contribution in [1.29, 1.82) is 5.26 Å². The summed E-state index contributed by atoms with van der Waals surface area (Å²) in [5, 5.41) is 21.9. The fourth-order valence-electron chi connectivity index (χ4n) is 2.61. The molecule has 1 aliphatic carbocycles. The van der Waals surface area contributed by atoms with E-state index in [4.69, 9.17) is 0 Å². The van der Waals surface area contributed by atoms with Gasteiger partial charge in [-0.15, -0.1) is 10.2 Å². The monoisotopic (exact) mass is 253 g/mol. The zero-order chi connectivity index (χ0) is 13.1. The highest BCUT2D eigenvalue weighted by atomic mass is 15.6. The van der Waals surface area contributed by atoms with Crippen molar-refractivity contribution in [2.24, 2.45) is 5.92 Å². The number of nitriles is 1. The molecule has 5 heteroatoms. The smallest absolute Gasteiger partial charge is 0.198 e. The summed E-state index contributed by atoms with van der Waals surface area (Å²) in [6.45, 7) is 0. The van der Waals surface area contributed by atoms with Crippen LogP contribution in [0.25, 0.3) is 11.4 Å². The van der Waals surface area contributed by atoms with Crippen LogP contribution in [-0.2, 0) is 0 Å². The molecule has 1 aromatic heterocycles. The molecule has 0 amide bonds. The quantitative estimate of drug-likeness (QED) is 0.825. The van der Waals surface area contributed by atoms with Crippen LogP contribution in [-0.4, -0.2) is 20.2 Å². The van der Waals surface area contributed by atoms with Crippen LogP contribution in [0, 0.1) is 17.2 Å². The van der Waals surface area contributed by atoms with Crippen molar-refractivity contribution in [3.8, 4) is 17.5 Å². The number of benzene rings is 1. The van der Waals surface area contributed by atoms with Crippen LogP contribution in [0.2, 0.25) is 0 Å². The first-order valence-corrected chi connectivity index (χ1v) is 6.63. The summed E-state index contributed by atoms with van der Waals surface area (Å²) in [6, 6.07) is 12.2. The molecule has 0 radical (unpaired) electrons. The van der Waals surface area contributed by atoms with Gasteiger partial charge in [-0.25, -0.2) is 0 Å². The molecular formula is C14H15N5. The highest BCUT2D eigenvalue weighted by molar-refractivity contribution is 5.52. The normalized spacial score (nSPS) is 22.9. The molecule has 3 rings (SSSR count). The number of rotatable bonds is 2. The Bertz CT molecular complexity index is 583. The predicted molar refractivity (Wildman–Crippen MR) is 69.9 cm³/mol. The van der Waals surface area contributed by atoms with Gasteiger partial charge in [0.25, 0.3) is 0 Å². The predicted octanol–water partition coefficient (Wildman–Crippen LogP) is 2.59. The standard InChI is InChI=1S/C14H15N5/c15-10-12-8-4-5-9-13(12)19-17-14(16-18-19)11-6-2-1-3-7-11/h1-3,6-7,12-13H,4-5,8-9H2. The first-order valence-electron chi connectivity index (χ1n) is 6.63. The minimum absolute atomic E-state index is 0.00609. The summed E-state index contributed by atoms with van der Waals surface area (Å²) in [5.41, 5.74) is 0.957. The van der Waals surface area contributed by atoms with Crippen LogP contribution in [0.3, 0.4) is 0 Å². The van der Waals surface area contributed by atoms with E-state index < -0.39 is 0 Å². The van der Waals surface area contributed by atoms with Gasteiger partial charge in [0, 0.05) is 5.56 Å². The molecule has 1 fully saturated rings. The lowest BCUT2D eigenvalue weighted by atomic mass is 9.86. The Morgan fingerprint density at radius 2 is 1.95 bits per heavy atom. The second-order valence-corrected chi connectivity index (χ2v) is 4.89. The minimum atomic E-state index is 0.00609. The van der Waals surface area contributed by atoms with Crippen molar-refractivity contribution in [2.75, 3.05) is 0 Å². The average Bonchev–Trinajstić information content (AvgIpc) is 2.98. The zero-order valence-electron chi connectivity index (χ0n) is 10.6. The molecule has 2 atom stereocenters. The molecule has 19 heavy (non-hydrogen) atoms.